The summed E-state index contributed by atoms with van der Waals surface area (Å²) in [6, 6.07) is 2.08. The molecule has 0 saturated carbocycles. The van der Waals surface area contributed by atoms with Gasteiger partial charge < -0.3 is 9.84 Å². The Morgan fingerprint density at radius 1 is 1.45 bits per heavy atom. The minimum Gasteiger partial charge on any atom is -0.493 e. The Hall–Kier alpha value is -1.96. The molecule has 1 aromatic heterocycles. The van der Waals surface area contributed by atoms with Gasteiger partial charge in [0.25, 0.3) is 0 Å². The predicted molar refractivity (Wildman–Crippen MR) is 69.8 cm³/mol. The van der Waals surface area contributed by atoms with Gasteiger partial charge in [0.05, 0.1) is 22.8 Å². The summed E-state index contributed by atoms with van der Waals surface area (Å²) >= 11 is 2.90. The zero-order valence-electron chi connectivity index (χ0n) is 10.4. The fraction of sp³-hybridized carbons (Fsp3) is 0.167. The fourth-order valence-electron chi connectivity index (χ4n) is 1.81. The number of nitrogens with zero attached hydrogens (tertiary/aromatic N) is 2. The second-order valence-corrected chi connectivity index (χ2v) is 4.76. The normalized spacial score (nSPS) is 10.7. The van der Waals surface area contributed by atoms with Crippen LogP contribution in [0, 0.1) is 11.6 Å². The standard InChI is InChI=1S/C12H9BrF2N2O3/c1-17-8(4-7(16-17)12(18)19)9-10(15)5(13)3-6(14)11(9)20-2/h3-4H,1-2H3,(H,18,19). The van der Waals surface area contributed by atoms with Gasteiger partial charge in [0.1, 0.15) is 0 Å². The van der Waals surface area contributed by atoms with Crippen molar-refractivity contribution in [3.63, 3.8) is 0 Å². The Morgan fingerprint density at radius 2 is 2.10 bits per heavy atom. The molecule has 0 spiro atoms. The lowest BCUT2D eigenvalue weighted by Gasteiger charge is -2.12. The average Bonchev–Trinajstić information content (AvgIpc) is 2.75. The third-order valence-electron chi connectivity index (χ3n) is 2.69. The van der Waals surface area contributed by atoms with E-state index in [1.165, 1.54) is 14.2 Å². The summed E-state index contributed by atoms with van der Waals surface area (Å²) in [4.78, 5) is 10.9. The van der Waals surface area contributed by atoms with Crippen molar-refractivity contribution in [1.82, 2.24) is 9.78 Å². The van der Waals surface area contributed by atoms with Crippen LogP contribution >= 0.6 is 15.9 Å². The molecule has 20 heavy (non-hydrogen) atoms. The van der Waals surface area contributed by atoms with Crippen molar-refractivity contribution < 1.29 is 23.4 Å². The van der Waals surface area contributed by atoms with Gasteiger partial charge in [0, 0.05) is 7.05 Å². The summed E-state index contributed by atoms with van der Waals surface area (Å²) < 4.78 is 34.0. The number of halogens is 3. The highest BCUT2D eigenvalue weighted by atomic mass is 79.9. The highest BCUT2D eigenvalue weighted by Crippen LogP contribution is 2.38. The predicted octanol–water partition coefficient (Wildman–Crippen LogP) is 2.83. The molecule has 0 atom stereocenters. The number of rotatable bonds is 3. The lowest BCUT2D eigenvalue weighted by molar-refractivity contribution is 0.0689. The molecule has 0 radical (unpaired) electrons. The van der Waals surface area contributed by atoms with Crippen molar-refractivity contribution >= 4 is 21.9 Å². The molecule has 0 bridgehead atoms. The fourth-order valence-corrected chi connectivity index (χ4v) is 2.21. The Labute approximate surface area is 120 Å². The number of aromatic nitrogens is 2. The summed E-state index contributed by atoms with van der Waals surface area (Å²) in [5.41, 5.74) is -0.372. The quantitative estimate of drug-likeness (QED) is 0.868. The van der Waals surface area contributed by atoms with Gasteiger partial charge in [-0.3, -0.25) is 4.68 Å². The molecule has 0 aliphatic heterocycles. The van der Waals surface area contributed by atoms with Crippen LogP contribution in [0.15, 0.2) is 16.6 Å². The monoisotopic (exact) mass is 346 g/mol. The zero-order chi connectivity index (χ0) is 15.0. The SMILES string of the molecule is COc1c(F)cc(Br)c(F)c1-c1cc(C(=O)O)nn1C. The maximum Gasteiger partial charge on any atom is 0.356 e. The Morgan fingerprint density at radius 3 is 2.60 bits per heavy atom. The lowest BCUT2D eigenvalue weighted by Crippen LogP contribution is -2.02. The average molecular weight is 347 g/mol. The number of hydrogen-bond acceptors (Lipinski definition) is 3. The highest BCUT2D eigenvalue weighted by Gasteiger charge is 2.24. The Balaban J connectivity index is 2.78. The summed E-state index contributed by atoms with van der Waals surface area (Å²) in [5.74, 6) is -3.11. The van der Waals surface area contributed by atoms with Gasteiger partial charge in [-0.1, -0.05) is 0 Å². The van der Waals surface area contributed by atoms with Crippen molar-refractivity contribution in [3.8, 4) is 17.0 Å². The van der Waals surface area contributed by atoms with Crippen molar-refractivity contribution in [1.29, 1.82) is 0 Å². The number of carboxylic acids is 1. The van der Waals surface area contributed by atoms with Gasteiger partial charge in [0.15, 0.2) is 23.1 Å². The van der Waals surface area contributed by atoms with Crippen LogP contribution in [0.2, 0.25) is 0 Å². The molecule has 0 amide bonds. The Bertz CT molecular complexity index is 700. The maximum absolute atomic E-state index is 14.2. The molecule has 2 aromatic rings. The molecule has 5 nitrogen and oxygen atoms in total. The van der Waals surface area contributed by atoms with E-state index >= 15 is 0 Å². The first-order valence-corrected chi connectivity index (χ1v) is 6.15. The van der Waals surface area contributed by atoms with Gasteiger partial charge in [-0.05, 0) is 28.1 Å². The van der Waals surface area contributed by atoms with Crippen LogP contribution in [0.25, 0.3) is 11.3 Å². The van der Waals surface area contributed by atoms with E-state index in [4.69, 9.17) is 9.84 Å². The number of aryl methyl sites for hydroxylation is 1. The highest BCUT2D eigenvalue weighted by molar-refractivity contribution is 9.10. The van der Waals surface area contributed by atoms with E-state index in [-0.39, 0.29) is 27.2 Å². The molecular formula is C12H9BrF2N2O3. The van der Waals surface area contributed by atoms with Gasteiger partial charge >= 0.3 is 5.97 Å². The van der Waals surface area contributed by atoms with Crippen LogP contribution in [0.5, 0.6) is 5.75 Å². The van der Waals surface area contributed by atoms with Crippen molar-refractivity contribution in [2.75, 3.05) is 7.11 Å². The second kappa shape index (κ2) is 5.20. The van der Waals surface area contributed by atoms with Crippen LogP contribution < -0.4 is 4.74 Å². The van der Waals surface area contributed by atoms with Gasteiger partial charge in [-0.15, -0.1) is 0 Å². The molecule has 0 unspecified atom stereocenters. The smallest absolute Gasteiger partial charge is 0.356 e. The van der Waals surface area contributed by atoms with Crippen molar-refractivity contribution in [3.05, 3.63) is 33.9 Å². The van der Waals surface area contributed by atoms with Gasteiger partial charge in [0.2, 0.25) is 0 Å². The molecule has 106 valence electrons. The lowest BCUT2D eigenvalue weighted by atomic mass is 10.1. The van der Waals surface area contributed by atoms with E-state index in [9.17, 15) is 13.6 Å². The zero-order valence-corrected chi connectivity index (χ0v) is 12.0. The first-order chi connectivity index (χ1) is 9.36. The van der Waals surface area contributed by atoms with E-state index in [0.717, 1.165) is 16.8 Å². The minimum atomic E-state index is -1.26. The van der Waals surface area contributed by atoms with E-state index in [0.29, 0.717) is 0 Å². The summed E-state index contributed by atoms with van der Waals surface area (Å²) in [6.45, 7) is 0. The molecule has 8 heteroatoms. The number of benzene rings is 1. The van der Waals surface area contributed by atoms with E-state index in [2.05, 4.69) is 21.0 Å². The third-order valence-corrected chi connectivity index (χ3v) is 3.26. The summed E-state index contributed by atoms with van der Waals surface area (Å²) in [7, 11) is 2.63. The first kappa shape index (κ1) is 14.4. The molecule has 2 rings (SSSR count). The molecule has 0 fully saturated rings. The Kier molecular flexibility index (Phi) is 3.76. The van der Waals surface area contributed by atoms with Crippen molar-refractivity contribution in [2.24, 2.45) is 7.05 Å². The van der Waals surface area contributed by atoms with Gasteiger partial charge in [-0.2, -0.15) is 5.10 Å². The summed E-state index contributed by atoms with van der Waals surface area (Å²) in [5, 5.41) is 12.6. The van der Waals surface area contributed by atoms with E-state index in [1.54, 1.807) is 0 Å². The van der Waals surface area contributed by atoms with Crippen LogP contribution in [0.4, 0.5) is 8.78 Å². The van der Waals surface area contributed by atoms with Gasteiger partial charge in [-0.25, -0.2) is 13.6 Å². The molecule has 0 saturated heterocycles. The van der Waals surface area contributed by atoms with E-state index in [1.807, 2.05) is 0 Å². The third kappa shape index (κ3) is 2.26. The maximum atomic E-state index is 14.2. The number of aromatic carboxylic acids is 1. The van der Waals surface area contributed by atoms with Crippen LogP contribution in [0.3, 0.4) is 0 Å². The van der Waals surface area contributed by atoms with Crippen LogP contribution in [-0.4, -0.2) is 28.0 Å². The largest absolute Gasteiger partial charge is 0.493 e. The topological polar surface area (TPSA) is 64.3 Å². The van der Waals surface area contributed by atoms with E-state index < -0.39 is 17.6 Å². The number of ether oxygens (including phenoxy) is 1. The molecule has 1 heterocycles. The second-order valence-electron chi connectivity index (χ2n) is 3.91. The molecule has 0 aliphatic carbocycles. The number of methoxy groups -OCH3 is 1. The molecule has 1 aromatic carbocycles. The van der Waals surface area contributed by atoms with Crippen LogP contribution in [0.1, 0.15) is 10.5 Å². The molecule has 1 N–H and O–H groups in total. The minimum absolute atomic E-state index is 0.0936. The first-order valence-electron chi connectivity index (χ1n) is 5.36. The number of carbonyl (C=O) groups is 1. The number of carboxylic acid groups (broad SMARTS) is 1. The summed E-state index contributed by atoms with van der Waals surface area (Å²) in [6.07, 6.45) is 0. The number of hydrogen-bond donors (Lipinski definition) is 1. The molecular weight excluding hydrogens is 338 g/mol. The molecule has 0 aliphatic rings. The van der Waals surface area contributed by atoms with Crippen LogP contribution in [-0.2, 0) is 7.05 Å². The van der Waals surface area contributed by atoms with Crippen molar-refractivity contribution in [2.45, 2.75) is 0 Å².